The molecule has 1 aliphatic rings. The Bertz CT molecular complexity index is 976. The van der Waals surface area contributed by atoms with E-state index in [-0.39, 0.29) is 12.0 Å². The molecule has 0 saturated carbocycles. The molecule has 2 aromatic heterocycles. The van der Waals surface area contributed by atoms with Crippen molar-refractivity contribution in [2.24, 2.45) is 0 Å². The second-order valence-electron chi connectivity index (χ2n) is 6.69. The summed E-state index contributed by atoms with van der Waals surface area (Å²) < 4.78 is 46.3. The first-order valence-electron chi connectivity index (χ1n) is 9.13. The molecule has 0 radical (unpaired) electrons. The molecule has 1 atom stereocenters. The normalized spacial score (nSPS) is 16.9. The first-order chi connectivity index (χ1) is 13.9. The van der Waals surface area contributed by atoms with Gasteiger partial charge in [-0.2, -0.15) is 18.3 Å². The molecular formula is C20H18F3N3O2S. The van der Waals surface area contributed by atoms with Crippen molar-refractivity contribution in [3.8, 4) is 16.3 Å². The zero-order valence-corrected chi connectivity index (χ0v) is 16.1. The van der Waals surface area contributed by atoms with Gasteiger partial charge >= 0.3 is 6.18 Å². The van der Waals surface area contributed by atoms with Crippen molar-refractivity contribution in [2.75, 3.05) is 13.2 Å². The van der Waals surface area contributed by atoms with Crippen molar-refractivity contribution in [2.45, 2.75) is 25.1 Å². The Kier molecular flexibility index (Phi) is 5.42. The Hall–Kier alpha value is -2.65. The minimum Gasteiger partial charge on any atom is -0.376 e. The number of carbonyl (C=O) groups is 1. The topological polar surface area (TPSA) is 56.1 Å². The molecule has 29 heavy (non-hydrogen) atoms. The van der Waals surface area contributed by atoms with E-state index in [1.54, 1.807) is 41.8 Å². The number of aromatic nitrogens is 2. The first-order valence-corrected chi connectivity index (χ1v) is 10.0. The van der Waals surface area contributed by atoms with Gasteiger partial charge in [0, 0.05) is 18.7 Å². The number of thiophene rings is 1. The number of nitrogens with zero attached hydrogens (tertiary/aromatic N) is 2. The molecule has 4 rings (SSSR count). The molecule has 5 nitrogen and oxygen atoms in total. The van der Waals surface area contributed by atoms with Crippen molar-refractivity contribution in [3.05, 3.63) is 59.1 Å². The van der Waals surface area contributed by atoms with Gasteiger partial charge < -0.3 is 10.1 Å². The van der Waals surface area contributed by atoms with Crippen LogP contribution in [0.4, 0.5) is 13.2 Å². The Labute approximate surface area is 169 Å². The monoisotopic (exact) mass is 421 g/mol. The fourth-order valence-electron chi connectivity index (χ4n) is 3.18. The number of rotatable bonds is 5. The summed E-state index contributed by atoms with van der Waals surface area (Å²) in [5.74, 6) is -0.248. The predicted molar refractivity (Wildman–Crippen MR) is 103 cm³/mol. The summed E-state index contributed by atoms with van der Waals surface area (Å²) in [6, 6.07) is 10.9. The van der Waals surface area contributed by atoms with Gasteiger partial charge in [-0.15, -0.1) is 11.3 Å². The van der Waals surface area contributed by atoms with Gasteiger partial charge in [-0.05, 0) is 54.6 Å². The smallest absolute Gasteiger partial charge is 0.376 e. The number of hydrogen-bond donors (Lipinski definition) is 1. The molecule has 152 valence electrons. The van der Waals surface area contributed by atoms with Crippen LogP contribution in [0.15, 0.2) is 47.8 Å². The molecule has 3 aromatic rings. The molecule has 9 heteroatoms. The number of amides is 1. The van der Waals surface area contributed by atoms with Crippen molar-refractivity contribution in [1.82, 2.24) is 15.1 Å². The molecule has 1 N–H and O–H groups in total. The van der Waals surface area contributed by atoms with Gasteiger partial charge in [-0.1, -0.05) is 6.07 Å². The number of hydrogen-bond acceptors (Lipinski definition) is 4. The van der Waals surface area contributed by atoms with E-state index in [1.807, 2.05) is 0 Å². The quantitative estimate of drug-likeness (QED) is 0.659. The van der Waals surface area contributed by atoms with Gasteiger partial charge in [0.15, 0.2) is 5.69 Å². The third-order valence-corrected chi connectivity index (χ3v) is 5.55. The minimum atomic E-state index is -4.54. The number of ether oxygens (including phenoxy) is 1. The third-order valence-electron chi connectivity index (χ3n) is 4.66. The number of alkyl halides is 3. The molecule has 1 amide bonds. The van der Waals surface area contributed by atoms with Crippen LogP contribution in [-0.2, 0) is 10.9 Å². The highest BCUT2D eigenvalue weighted by molar-refractivity contribution is 7.13. The summed E-state index contributed by atoms with van der Waals surface area (Å²) in [5, 5.41) is 8.37. The third kappa shape index (κ3) is 4.35. The summed E-state index contributed by atoms with van der Waals surface area (Å²) >= 11 is 1.33. The fourth-order valence-corrected chi connectivity index (χ4v) is 3.91. The first kappa shape index (κ1) is 19.7. The van der Waals surface area contributed by atoms with Crippen LogP contribution in [0.5, 0.6) is 0 Å². The highest BCUT2D eigenvalue weighted by Crippen LogP contribution is 2.34. The molecule has 1 aromatic carbocycles. The Balaban J connectivity index is 1.57. The van der Waals surface area contributed by atoms with Crippen LogP contribution < -0.4 is 5.32 Å². The maximum Gasteiger partial charge on any atom is 0.435 e. The van der Waals surface area contributed by atoms with E-state index in [0.717, 1.165) is 18.9 Å². The number of carbonyl (C=O) groups excluding carboxylic acids is 1. The molecule has 3 heterocycles. The second kappa shape index (κ2) is 8.00. The summed E-state index contributed by atoms with van der Waals surface area (Å²) in [6.07, 6.45) is -2.59. The summed E-state index contributed by atoms with van der Waals surface area (Å²) in [5.41, 5.74) is 0.259. The lowest BCUT2D eigenvalue weighted by Gasteiger charge is -2.11. The van der Waals surface area contributed by atoms with Gasteiger partial charge in [0.1, 0.15) is 0 Å². The minimum absolute atomic E-state index is 0.0384. The van der Waals surface area contributed by atoms with Gasteiger partial charge in [-0.25, -0.2) is 4.68 Å². The standard InChI is InChI=1S/C20H18F3N3O2S/c21-20(22,23)18-11-16(17-4-2-10-29-17)26(25-18)14-7-5-13(6-8-14)19(27)24-12-15-3-1-9-28-15/h2,4-8,10-11,15H,1,3,9,12H2,(H,24,27). The lowest BCUT2D eigenvalue weighted by molar-refractivity contribution is -0.141. The van der Waals surface area contributed by atoms with Gasteiger partial charge in [0.25, 0.3) is 5.91 Å². The SMILES string of the molecule is O=C(NCC1CCCO1)c1ccc(-n2nc(C(F)(F)F)cc2-c2cccs2)cc1. The maximum absolute atomic E-state index is 13.2. The Morgan fingerprint density at radius 1 is 1.28 bits per heavy atom. The molecule has 1 aliphatic heterocycles. The van der Waals surface area contributed by atoms with Crippen LogP contribution in [0.3, 0.4) is 0 Å². The Morgan fingerprint density at radius 2 is 2.07 bits per heavy atom. The average Bonchev–Trinajstić information content (AvgIpc) is 3.46. The fraction of sp³-hybridized carbons (Fsp3) is 0.300. The molecule has 1 fully saturated rings. The van der Waals surface area contributed by atoms with Crippen LogP contribution in [0, 0.1) is 0 Å². The average molecular weight is 421 g/mol. The Morgan fingerprint density at radius 3 is 2.69 bits per heavy atom. The van der Waals surface area contributed by atoms with Crippen molar-refractivity contribution in [1.29, 1.82) is 0 Å². The van der Waals surface area contributed by atoms with E-state index >= 15 is 0 Å². The predicted octanol–water partition coefficient (Wildman–Crippen LogP) is 4.53. The van der Waals surface area contributed by atoms with Crippen LogP contribution in [0.2, 0.25) is 0 Å². The summed E-state index contributed by atoms with van der Waals surface area (Å²) in [4.78, 5) is 13.0. The van der Waals surface area contributed by atoms with Crippen molar-refractivity contribution in [3.63, 3.8) is 0 Å². The van der Waals surface area contributed by atoms with E-state index in [4.69, 9.17) is 4.74 Å². The maximum atomic E-state index is 13.2. The van der Waals surface area contributed by atoms with Gasteiger partial charge in [0.05, 0.1) is 22.4 Å². The number of halogens is 3. The van der Waals surface area contributed by atoms with Crippen LogP contribution in [0.25, 0.3) is 16.3 Å². The van der Waals surface area contributed by atoms with E-state index in [9.17, 15) is 18.0 Å². The molecular weight excluding hydrogens is 403 g/mol. The summed E-state index contributed by atoms with van der Waals surface area (Å²) in [6.45, 7) is 1.16. The second-order valence-corrected chi connectivity index (χ2v) is 7.64. The largest absolute Gasteiger partial charge is 0.435 e. The number of nitrogens with one attached hydrogen (secondary N) is 1. The van der Waals surface area contributed by atoms with Crippen molar-refractivity contribution >= 4 is 17.2 Å². The van der Waals surface area contributed by atoms with E-state index in [1.165, 1.54) is 16.0 Å². The molecule has 0 spiro atoms. The van der Waals surface area contributed by atoms with Crippen LogP contribution in [0.1, 0.15) is 28.9 Å². The van der Waals surface area contributed by atoms with Crippen LogP contribution >= 0.6 is 11.3 Å². The van der Waals surface area contributed by atoms with Gasteiger partial charge in [0.2, 0.25) is 0 Å². The van der Waals surface area contributed by atoms with Crippen molar-refractivity contribution < 1.29 is 22.7 Å². The molecule has 1 unspecified atom stereocenters. The lowest BCUT2D eigenvalue weighted by Crippen LogP contribution is -2.31. The molecule has 0 aliphatic carbocycles. The zero-order chi connectivity index (χ0) is 20.4. The number of benzene rings is 1. The van der Waals surface area contributed by atoms with E-state index < -0.39 is 11.9 Å². The van der Waals surface area contributed by atoms with Crippen LogP contribution in [-0.4, -0.2) is 34.9 Å². The molecule has 1 saturated heterocycles. The van der Waals surface area contributed by atoms with E-state index in [2.05, 4.69) is 10.4 Å². The van der Waals surface area contributed by atoms with Gasteiger partial charge in [-0.3, -0.25) is 4.79 Å². The van der Waals surface area contributed by atoms with E-state index in [0.29, 0.717) is 35.0 Å². The highest BCUT2D eigenvalue weighted by atomic mass is 32.1. The summed E-state index contributed by atoms with van der Waals surface area (Å²) in [7, 11) is 0. The molecule has 0 bridgehead atoms. The lowest BCUT2D eigenvalue weighted by atomic mass is 10.2. The highest BCUT2D eigenvalue weighted by Gasteiger charge is 2.35. The zero-order valence-electron chi connectivity index (χ0n) is 15.3.